The Balaban J connectivity index is 1.92. The molecule has 2 rings (SSSR count). The normalized spacial score (nSPS) is 11.3. The van der Waals surface area contributed by atoms with Gasteiger partial charge in [0.2, 0.25) is 0 Å². The molecule has 0 atom stereocenters. The first-order chi connectivity index (χ1) is 8.66. The van der Waals surface area contributed by atoms with E-state index < -0.39 is 0 Å². The van der Waals surface area contributed by atoms with Gasteiger partial charge in [-0.25, -0.2) is 0 Å². The highest BCUT2D eigenvalue weighted by atomic mass is 16.3. The summed E-state index contributed by atoms with van der Waals surface area (Å²) >= 11 is 0. The zero-order valence-electron chi connectivity index (χ0n) is 11.0. The fourth-order valence-electron chi connectivity index (χ4n) is 2.00. The van der Waals surface area contributed by atoms with Crippen LogP contribution in [0.5, 0.6) is 0 Å². The molecule has 18 heavy (non-hydrogen) atoms. The lowest BCUT2D eigenvalue weighted by Crippen LogP contribution is -2.23. The Kier molecular flexibility index (Phi) is 4.15. The van der Waals surface area contributed by atoms with Crippen LogP contribution in [-0.4, -0.2) is 30.8 Å². The van der Waals surface area contributed by atoms with Gasteiger partial charge in [-0.15, -0.1) is 0 Å². The Bertz CT molecular complexity index is 530. The van der Waals surface area contributed by atoms with E-state index in [1.54, 1.807) is 6.92 Å². The number of likely N-dealkylation sites (N-methyl/N-ethyl adjacent to an activating group) is 1. The van der Waals surface area contributed by atoms with Crippen LogP contribution >= 0.6 is 0 Å². The third-order valence-electron chi connectivity index (χ3n) is 3.17. The molecule has 0 bridgehead atoms. The molecule has 3 heteroatoms. The monoisotopic (exact) mass is 245 g/mol. The number of nitrogens with zero attached hydrogens (tertiary/aromatic N) is 1. The zero-order valence-corrected chi connectivity index (χ0v) is 11.0. The Morgan fingerprint density at radius 2 is 2.06 bits per heavy atom. The van der Waals surface area contributed by atoms with Crippen LogP contribution in [0.2, 0.25) is 0 Å². The summed E-state index contributed by atoms with van der Waals surface area (Å²) < 4.78 is 5.51. The fraction of sp³-hybridized carbons (Fsp3) is 0.400. The van der Waals surface area contributed by atoms with E-state index in [-0.39, 0.29) is 5.78 Å². The van der Waals surface area contributed by atoms with Crippen molar-refractivity contribution in [2.75, 3.05) is 20.1 Å². The summed E-state index contributed by atoms with van der Waals surface area (Å²) in [6, 6.07) is 8.08. The molecule has 0 saturated heterocycles. The van der Waals surface area contributed by atoms with E-state index in [1.807, 2.05) is 31.5 Å². The summed E-state index contributed by atoms with van der Waals surface area (Å²) in [6.45, 7) is 3.40. The van der Waals surface area contributed by atoms with Gasteiger partial charge in [-0.2, -0.15) is 0 Å². The number of fused-ring (bicyclic) bond motifs is 1. The van der Waals surface area contributed by atoms with Crippen molar-refractivity contribution in [1.82, 2.24) is 4.90 Å². The minimum atomic E-state index is 0.246. The van der Waals surface area contributed by atoms with Crippen molar-refractivity contribution in [3.63, 3.8) is 0 Å². The van der Waals surface area contributed by atoms with E-state index >= 15 is 0 Å². The molecule has 0 spiro atoms. The van der Waals surface area contributed by atoms with E-state index in [0.717, 1.165) is 25.1 Å². The van der Waals surface area contributed by atoms with Crippen LogP contribution in [0, 0.1) is 0 Å². The highest BCUT2D eigenvalue weighted by molar-refractivity contribution is 5.80. The SMILES string of the molecule is CC(=O)CCN(C)CCc1coc2ccccc12. The van der Waals surface area contributed by atoms with Crippen molar-refractivity contribution in [2.24, 2.45) is 0 Å². The summed E-state index contributed by atoms with van der Waals surface area (Å²) in [5.74, 6) is 0.246. The molecule has 0 N–H and O–H groups in total. The second-order valence-corrected chi connectivity index (χ2v) is 4.76. The molecule has 0 fully saturated rings. The lowest BCUT2D eigenvalue weighted by Gasteiger charge is -2.14. The number of furan rings is 1. The third kappa shape index (κ3) is 3.20. The zero-order chi connectivity index (χ0) is 13.0. The minimum Gasteiger partial charge on any atom is -0.464 e. The summed E-state index contributed by atoms with van der Waals surface area (Å²) in [7, 11) is 2.05. The Morgan fingerprint density at radius 3 is 2.83 bits per heavy atom. The predicted octanol–water partition coefficient (Wildman–Crippen LogP) is 2.89. The number of carbonyl (C=O) groups is 1. The number of para-hydroxylation sites is 1. The molecule has 96 valence electrons. The van der Waals surface area contributed by atoms with Crippen molar-refractivity contribution >= 4 is 16.8 Å². The molecule has 0 unspecified atom stereocenters. The maximum absolute atomic E-state index is 10.9. The first-order valence-corrected chi connectivity index (χ1v) is 6.30. The van der Waals surface area contributed by atoms with Crippen LogP contribution in [0.1, 0.15) is 18.9 Å². The van der Waals surface area contributed by atoms with Crippen LogP contribution in [0.3, 0.4) is 0 Å². The van der Waals surface area contributed by atoms with Crippen LogP contribution in [0.25, 0.3) is 11.0 Å². The number of carbonyl (C=O) groups excluding carboxylic acids is 1. The standard InChI is InChI=1S/C15H19NO2/c1-12(17)7-9-16(2)10-8-13-11-18-15-6-4-3-5-14(13)15/h3-6,11H,7-10H2,1-2H3. The summed E-state index contributed by atoms with van der Waals surface area (Å²) in [5, 5.41) is 1.19. The number of rotatable bonds is 6. The molecular weight excluding hydrogens is 226 g/mol. The number of hydrogen-bond donors (Lipinski definition) is 0. The Hall–Kier alpha value is -1.61. The summed E-state index contributed by atoms with van der Waals surface area (Å²) in [6.07, 6.45) is 3.41. The first-order valence-electron chi connectivity index (χ1n) is 6.30. The number of benzene rings is 1. The van der Waals surface area contributed by atoms with Gasteiger partial charge in [0, 0.05) is 24.9 Å². The van der Waals surface area contributed by atoms with E-state index in [2.05, 4.69) is 11.0 Å². The molecule has 0 aliphatic carbocycles. The lowest BCUT2D eigenvalue weighted by atomic mass is 10.1. The summed E-state index contributed by atoms with van der Waals surface area (Å²) in [5.41, 5.74) is 2.18. The minimum absolute atomic E-state index is 0.246. The van der Waals surface area contributed by atoms with Gasteiger partial charge in [0.1, 0.15) is 11.4 Å². The van der Waals surface area contributed by atoms with E-state index in [9.17, 15) is 4.79 Å². The van der Waals surface area contributed by atoms with E-state index in [1.165, 1.54) is 10.9 Å². The average Bonchev–Trinajstić information content (AvgIpc) is 2.77. The van der Waals surface area contributed by atoms with Gasteiger partial charge in [0.25, 0.3) is 0 Å². The molecule has 0 amide bonds. The lowest BCUT2D eigenvalue weighted by molar-refractivity contribution is -0.117. The number of ketones is 1. The van der Waals surface area contributed by atoms with Gasteiger partial charge in [-0.05, 0) is 32.0 Å². The molecular formula is C15H19NO2. The fourth-order valence-corrected chi connectivity index (χ4v) is 2.00. The van der Waals surface area contributed by atoms with Crippen LogP contribution < -0.4 is 0 Å². The molecule has 3 nitrogen and oxygen atoms in total. The van der Waals surface area contributed by atoms with Gasteiger partial charge < -0.3 is 9.32 Å². The highest BCUT2D eigenvalue weighted by Crippen LogP contribution is 2.21. The van der Waals surface area contributed by atoms with Gasteiger partial charge >= 0.3 is 0 Å². The van der Waals surface area contributed by atoms with Gasteiger partial charge in [0.15, 0.2) is 0 Å². The highest BCUT2D eigenvalue weighted by Gasteiger charge is 2.06. The predicted molar refractivity (Wildman–Crippen MR) is 72.7 cm³/mol. The molecule has 1 aromatic heterocycles. The van der Waals surface area contributed by atoms with Gasteiger partial charge in [-0.1, -0.05) is 18.2 Å². The average molecular weight is 245 g/mol. The van der Waals surface area contributed by atoms with Crippen LogP contribution in [0.4, 0.5) is 0 Å². The first kappa shape index (κ1) is 12.8. The van der Waals surface area contributed by atoms with E-state index in [0.29, 0.717) is 6.42 Å². The van der Waals surface area contributed by atoms with Gasteiger partial charge in [-0.3, -0.25) is 4.79 Å². The molecule has 1 aromatic carbocycles. The van der Waals surface area contributed by atoms with Crippen LogP contribution in [0.15, 0.2) is 34.9 Å². The second kappa shape index (κ2) is 5.83. The summed E-state index contributed by atoms with van der Waals surface area (Å²) in [4.78, 5) is 13.1. The maximum Gasteiger partial charge on any atom is 0.134 e. The van der Waals surface area contributed by atoms with Crippen molar-refractivity contribution < 1.29 is 9.21 Å². The second-order valence-electron chi connectivity index (χ2n) is 4.76. The molecule has 0 saturated carbocycles. The Morgan fingerprint density at radius 1 is 1.28 bits per heavy atom. The largest absolute Gasteiger partial charge is 0.464 e. The number of Topliss-reactive ketones (excluding diaryl/α,β-unsaturated/α-hetero) is 1. The molecule has 0 radical (unpaired) electrons. The topological polar surface area (TPSA) is 33.5 Å². The van der Waals surface area contributed by atoms with Crippen LogP contribution in [-0.2, 0) is 11.2 Å². The maximum atomic E-state index is 10.9. The van der Waals surface area contributed by atoms with E-state index in [4.69, 9.17) is 4.42 Å². The smallest absolute Gasteiger partial charge is 0.134 e. The van der Waals surface area contributed by atoms with Gasteiger partial charge in [0.05, 0.1) is 6.26 Å². The third-order valence-corrected chi connectivity index (χ3v) is 3.17. The van der Waals surface area contributed by atoms with Crippen molar-refractivity contribution in [3.8, 4) is 0 Å². The molecule has 1 heterocycles. The van der Waals surface area contributed by atoms with Crippen molar-refractivity contribution in [2.45, 2.75) is 19.8 Å². The van der Waals surface area contributed by atoms with Crippen molar-refractivity contribution in [1.29, 1.82) is 0 Å². The molecule has 0 aliphatic rings. The number of hydrogen-bond acceptors (Lipinski definition) is 3. The molecule has 0 aliphatic heterocycles. The molecule has 2 aromatic rings. The Labute approximate surface area is 107 Å². The van der Waals surface area contributed by atoms with Crippen molar-refractivity contribution in [3.05, 3.63) is 36.1 Å². The quantitative estimate of drug-likeness (QED) is 0.784.